The Bertz CT molecular complexity index is 1390. The molecule has 6 rings (SSSR count). The average Bonchev–Trinajstić information content (AvgIpc) is 3.65. The molecule has 4 aliphatic rings. The van der Waals surface area contributed by atoms with Crippen molar-refractivity contribution in [3.05, 3.63) is 99.1 Å². The summed E-state index contributed by atoms with van der Waals surface area (Å²) >= 11 is 3.55. The Morgan fingerprint density at radius 1 is 1.10 bits per heavy atom. The van der Waals surface area contributed by atoms with E-state index in [4.69, 9.17) is 10.3 Å². The fourth-order valence-electron chi connectivity index (χ4n) is 5.99. The minimum absolute atomic E-state index is 0.111. The molecule has 2 saturated heterocycles. The van der Waals surface area contributed by atoms with Gasteiger partial charge in [-0.25, -0.2) is 4.79 Å². The molecule has 0 bridgehead atoms. The van der Waals surface area contributed by atoms with Crippen molar-refractivity contribution in [2.75, 3.05) is 51.2 Å². The Kier molecular flexibility index (Phi) is 7.68. The maximum absolute atomic E-state index is 13.2. The van der Waals surface area contributed by atoms with E-state index in [1.807, 2.05) is 23.1 Å². The number of hydrogen-bond donors (Lipinski definition) is 2. The van der Waals surface area contributed by atoms with Crippen molar-refractivity contribution in [2.24, 2.45) is 17.0 Å². The van der Waals surface area contributed by atoms with Crippen LogP contribution in [-0.2, 0) is 0 Å². The van der Waals surface area contributed by atoms with Crippen molar-refractivity contribution in [3.8, 4) is 5.75 Å². The highest BCUT2D eigenvalue weighted by Crippen LogP contribution is 2.36. The van der Waals surface area contributed by atoms with Gasteiger partial charge in [-0.2, -0.15) is 0 Å². The van der Waals surface area contributed by atoms with Gasteiger partial charge < -0.3 is 25.2 Å². The standard InChI is InChI=1S/C29H31BrN8O2/c30-23-10-8-20(9-11-23)28-25(38-13-4-3-7-27(38)34-28)19-36-15-21-17-37(18-22(21)16-36)29(39)33-24-5-1-2-6-26(24)40-14-12-32-35-31/h1-11,13,21-22,27,34H,12,14-19H2,(H,33,39). The summed E-state index contributed by atoms with van der Waals surface area (Å²) in [6.07, 6.45) is 8.64. The number of carbonyl (C=O) groups excluding carboxylic acids is 1. The summed E-state index contributed by atoms with van der Waals surface area (Å²) < 4.78 is 6.78. The van der Waals surface area contributed by atoms with Crippen LogP contribution in [0.3, 0.4) is 0 Å². The molecular formula is C29H31BrN8O2. The summed E-state index contributed by atoms with van der Waals surface area (Å²) in [6.45, 7) is 4.73. The zero-order chi connectivity index (χ0) is 27.5. The SMILES string of the molecule is [N-]=[N+]=NCCOc1ccccc1NC(=O)N1CC2CN(CC3=C(c4ccc(Br)cc4)NC4C=CC=CN34)CC2C1. The van der Waals surface area contributed by atoms with Gasteiger partial charge in [0.1, 0.15) is 11.9 Å². The first-order valence-electron chi connectivity index (χ1n) is 13.5. The number of ether oxygens (including phenoxy) is 1. The second kappa shape index (κ2) is 11.7. The maximum Gasteiger partial charge on any atom is 0.321 e. The number of para-hydroxylation sites is 2. The summed E-state index contributed by atoms with van der Waals surface area (Å²) in [4.78, 5) is 22.7. The number of benzene rings is 2. The lowest BCUT2D eigenvalue weighted by molar-refractivity contribution is 0.212. The third-order valence-electron chi connectivity index (χ3n) is 7.84. The number of allylic oxidation sites excluding steroid dienone is 2. The molecule has 11 heteroatoms. The quantitative estimate of drug-likeness (QED) is 0.186. The van der Waals surface area contributed by atoms with Crippen LogP contribution in [0, 0.1) is 11.8 Å². The highest BCUT2D eigenvalue weighted by atomic mass is 79.9. The van der Waals surface area contributed by atoms with E-state index in [0.29, 0.717) is 23.3 Å². The van der Waals surface area contributed by atoms with Gasteiger partial charge in [0.15, 0.2) is 0 Å². The molecule has 206 valence electrons. The lowest BCUT2D eigenvalue weighted by Crippen LogP contribution is -2.38. The van der Waals surface area contributed by atoms with Crippen LogP contribution in [0.2, 0.25) is 0 Å². The first-order valence-corrected chi connectivity index (χ1v) is 14.3. The van der Waals surface area contributed by atoms with E-state index in [-0.39, 0.29) is 25.3 Å². The third kappa shape index (κ3) is 5.54. The molecule has 3 atom stereocenters. The van der Waals surface area contributed by atoms with Gasteiger partial charge in [0.25, 0.3) is 0 Å². The third-order valence-corrected chi connectivity index (χ3v) is 8.37. The molecule has 2 fully saturated rings. The number of urea groups is 1. The Morgan fingerprint density at radius 3 is 2.65 bits per heavy atom. The molecular weight excluding hydrogens is 572 g/mol. The van der Waals surface area contributed by atoms with Gasteiger partial charge in [-0.1, -0.05) is 51.4 Å². The van der Waals surface area contributed by atoms with E-state index in [1.54, 1.807) is 6.07 Å². The lowest BCUT2D eigenvalue weighted by Gasteiger charge is -2.28. The highest BCUT2D eigenvalue weighted by molar-refractivity contribution is 9.10. The highest BCUT2D eigenvalue weighted by Gasteiger charge is 2.43. The summed E-state index contributed by atoms with van der Waals surface area (Å²) in [5.74, 6) is 1.45. The van der Waals surface area contributed by atoms with Gasteiger partial charge in [0, 0.05) is 48.3 Å². The van der Waals surface area contributed by atoms with Crippen LogP contribution in [-0.4, -0.2) is 72.8 Å². The predicted octanol–water partition coefficient (Wildman–Crippen LogP) is 5.22. The monoisotopic (exact) mass is 602 g/mol. The number of likely N-dealkylation sites (tertiary alicyclic amines) is 2. The number of anilines is 1. The van der Waals surface area contributed by atoms with Crippen LogP contribution in [0.5, 0.6) is 5.75 Å². The van der Waals surface area contributed by atoms with E-state index in [9.17, 15) is 4.79 Å². The molecule has 2 aromatic rings. The summed E-state index contributed by atoms with van der Waals surface area (Å²) in [6, 6.07) is 15.7. The number of amides is 2. The Hall–Kier alpha value is -3.92. The fourth-order valence-corrected chi connectivity index (χ4v) is 6.25. The number of nitrogens with zero attached hydrogens (tertiary/aromatic N) is 6. The van der Waals surface area contributed by atoms with Gasteiger partial charge in [0.2, 0.25) is 0 Å². The average molecular weight is 604 g/mol. The number of nitrogens with one attached hydrogen (secondary N) is 2. The Balaban J connectivity index is 1.08. The van der Waals surface area contributed by atoms with E-state index in [0.717, 1.165) is 37.2 Å². The molecule has 4 aliphatic heterocycles. The number of carbonyl (C=O) groups is 1. The van der Waals surface area contributed by atoms with Gasteiger partial charge in [-0.05, 0) is 59.3 Å². The summed E-state index contributed by atoms with van der Waals surface area (Å²) in [7, 11) is 0. The maximum atomic E-state index is 13.2. The van der Waals surface area contributed by atoms with Crippen LogP contribution < -0.4 is 15.4 Å². The lowest BCUT2D eigenvalue weighted by atomic mass is 10.0. The normalized spacial score (nSPS) is 23.1. The second-order valence-electron chi connectivity index (χ2n) is 10.4. The van der Waals surface area contributed by atoms with E-state index >= 15 is 0 Å². The van der Waals surface area contributed by atoms with Crippen LogP contribution in [0.1, 0.15) is 5.56 Å². The van der Waals surface area contributed by atoms with Crippen molar-refractivity contribution < 1.29 is 9.53 Å². The van der Waals surface area contributed by atoms with Crippen molar-refractivity contribution >= 4 is 33.3 Å². The predicted molar refractivity (Wildman–Crippen MR) is 158 cm³/mol. The smallest absolute Gasteiger partial charge is 0.321 e. The molecule has 40 heavy (non-hydrogen) atoms. The molecule has 0 aliphatic carbocycles. The molecule has 0 aromatic heterocycles. The number of azide groups is 1. The number of fused-ring (bicyclic) bond motifs is 2. The molecule has 4 heterocycles. The minimum Gasteiger partial charge on any atom is -0.491 e. The minimum atomic E-state index is -0.111. The van der Waals surface area contributed by atoms with E-state index in [1.165, 1.54) is 17.0 Å². The largest absolute Gasteiger partial charge is 0.491 e. The van der Waals surface area contributed by atoms with Gasteiger partial charge >= 0.3 is 6.03 Å². The molecule has 3 unspecified atom stereocenters. The molecule has 2 N–H and O–H groups in total. The first-order chi connectivity index (χ1) is 19.6. The number of halogens is 1. The fraction of sp³-hybridized carbons (Fsp3) is 0.345. The zero-order valence-corrected chi connectivity index (χ0v) is 23.6. The summed E-state index contributed by atoms with van der Waals surface area (Å²) in [5, 5.41) is 10.2. The van der Waals surface area contributed by atoms with Gasteiger partial charge in [0.05, 0.1) is 30.2 Å². The van der Waals surface area contributed by atoms with E-state index < -0.39 is 0 Å². The van der Waals surface area contributed by atoms with Crippen molar-refractivity contribution in [1.82, 2.24) is 20.0 Å². The van der Waals surface area contributed by atoms with Crippen molar-refractivity contribution in [1.29, 1.82) is 0 Å². The van der Waals surface area contributed by atoms with Crippen LogP contribution >= 0.6 is 15.9 Å². The molecule has 0 radical (unpaired) electrons. The number of rotatable bonds is 8. The Labute approximate surface area is 241 Å². The van der Waals surface area contributed by atoms with Gasteiger partial charge in [-0.3, -0.25) is 4.90 Å². The molecule has 0 spiro atoms. The van der Waals surface area contributed by atoms with Crippen molar-refractivity contribution in [2.45, 2.75) is 6.17 Å². The molecule has 0 saturated carbocycles. The second-order valence-corrected chi connectivity index (χ2v) is 11.3. The van der Waals surface area contributed by atoms with Gasteiger partial charge in [-0.15, -0.1) is 0 Å². The topological polar surface area (TPSA) is 109 Å². The van der Waals surface area contributed by atoms with Crippen molar-refractivity contribution in [3.63, 3.8) is 0 Å². The zero-order valence-electron chi connectivity index (χ0n) is 22.0. The summed E-state index contributed by atoms with van der Waals surface area (Å²) in [5.41, 5.74) is 12.7. The van der Waals surface area contributed by atoms with Crippen LogP contribution in [0.4, 0.5) is 10.5 Å². The Morgan fingerprint density at radius 2 is 1.88 bits per heavy atom. The molecule has 2 aromatic carbocycles. The molecule has 2 amide bonds. The number of hydrogen-bond acceptors (Lipinski definition) is 6. The van der Waals surface area contributed by atoms with Crippen LogP contribution in [0.15, 0.2) is 88.2 Å². The first kappa shape index (κ1) is 26.3. The van der Waals surface area contributed by atoms with Crippen LogP contribution in [0.25, 0.3) is 16.1 Å². The van der Waals surface area contributed by atoms with E-state index in [2.05, 4.69) is 95.1 Å². The molecule has 10 nitrogen and oxygen atoms in total.